The molecule has 0 saturated carbocycles. The molecule has 1 N–H and O–H groups in total. The lowest BCUT2D eigenvalue weighted by Crippen LogP contribution is -2.41. The quantitative estimate of drug-likeness (QED) is 0.883. The first-order valence-electron chi connectivity index (χ1n) is 8.42. The van der Waals surface area contributed by atoms with E-state index < -0.39 is 18.3 Å². The van der Waals surface area contributed by atoms with Crippen LogP contribution in [0, 0.1) is 0 Å². The van der Waals surface area contributed by atoms with Crippen LogP contribution in [0.1, 0.15) is 45.0 Å². The van der Waals surface area contributed by atoms with Crippen molar-refractivity contribution in [2.75, 3.05) is 6.54 Å². The molecule has 5 heteroatoms. The van der Waals surface area contributed by atoms with E-state index in [4.69, 9.17) is 9.31 Å². The van der Waals surface area contributed by atoms with Gasteiger partial charge < -0.3 is 14.6 Å². The lowest BCUT2D eigenvalue weighted by molar-refractivity contribution is 0.00578. The summed E-state index contributed by atoms with van der Waals surface area (Å²) in [6.07, 6.45) is 0. The molecule has 4 nitrogen and oxygen atoms in total. The van der Waals surface area contributed by atoms with Crippen LogP contribution in [0.4, 0.5) is 0 Å². The SMILES string of the molecule is CCNC(=O)c1cccc2c(B3OC(C)(C)C(C)(C)O3)cccc12. The molecule has 0 aromatic heterocycles. The zero-order valence-electron chi connectivity index (χ0n) is 15.0. The van der Waals surface area contributed by atoms with Crippen molar-refractivity contribution in [2.45, 2.75) is 45.8 Å². The van der Waals surface area contributed by atoms with Gasteiger partial charge in [0.2, 0.25) is 0 Å². The Balaban J connectivity index is 2.08. The molecule has 24 heavy (non-hydrogen) atoms. The summed E-state index contributed by atoms with van der Waals surface area (Å²) in [5, 5.41) is 4.77. The van der Waals surface area contributed by atoms with Crippen LogP contribution in [0.2, 0.25) is 0 Å². The third-order valence-corrected chi connectivity index (χ3v) is 5.04. The Morgan fingerprint density at radius 3 is 2.21 bits per heavy atom. The molecule has 2 aromatic carbocycles. The molecule has 0 aliphatic carbocycles. The Labute approximate surface area is 143 Å². The highest BCUT2D eigenvalue weighted by molar-refractivity contribution is 6.65. The summed E-state index contributed by atoms with van der Waals surface area (Å²) in [5.41, 5.74) is 0.846. The van der Waals surface area contributed by atoms with Gasteiger partial charge in [-0.3, -0.25) is 4.79 Å². The van der Waals surface area contributed by atoms with Gasteiger partial charge in [0.15, 0.2) is 0 Å². The fraction of sp³-hybridized carbons (Fsp3) is 0.421. The number of nitrogens with one attached hydrogen (secondary N) is 1. The van der Waals surface area contributed by atoms with Crippen molar-refractivity contribution in [2.24, 2.45) is 0 Å². The minimum Gasteiger partial charge on any atom is -0.399 e. The number of carbonyl (C=O) groups is 1. The predicted molar refractivity (Wildman–Crippen MR) is 97.7 cm³/mol. The van der Waals surface area contributed by atoms with Gasteiger partial charge >= 0.3 is 7.12 Å². The van der Waals surface area contributed by atoms with E-state index in [0.29, 0.717) is 12.1 Å². The number of fused-ring (bicyclic) bond motifs is 1. The Bertz CT molecular complexity index is 769. The maximum Gasteiger partial charge on any atom is 0.495 e. The normalized spacial score (nSPS) is 18.8. The highest BCUT2D eigenvalue weighted by atomic mass is 16.7. The van der Waals surface area contributed by atoms with Gasteiger partial charge in [-0.15, -0.1) is 0 Å². The van der Waals surface area contributed by atoms with Crippen LogP contribution >= 0.6 is 0 Å². The highest BCUT2D eigenvalue weighted by Crippen LogP contribution is 2.37. The molecule has 1 heterocycles. The minimum atomic E-state index is -0.441. The first kappa shape index (κ1) is 17.0. The van der Waals surface area contributed by atoms with Gasteiger partial charge in [-0.2, -0.15) is 0 Å². The summed E-state index contributed by atoms with van der Waals surface area (Å²) in [7, 11) is -0.441. The van der Waals surface area contributed by atoms with Gasteiger partial charge in [0, 0.05) is 12.1 Å². The Morgan fingerprint density at radius 1 is 1.00 bits per heavy atom. The van der Waals surface area contributed by atoms with Crippen molar-refractivity contribution in [3.05, 3.63) is 42.0 Å². The van der Waals surface area contributed by atoms with Crippen molar-refractivity contribution < 1.29 is 14.1 Å². The summed E-state index contributed by atoms with van der Waals surface area (Å²) < 4.78 is 12.4. The largest absolute Gasteiger partial charge is 0.495 e. The van der Waals surface area contributed by atoms with Gasteiger partial charge in [0.25, 0.3) is 5.91 Å². The van der Waals surface area contributed by atoms with Crippen LogP contribution in [0.15, 0.2) is 36.4 Å². The third-order valence-electron chi connectivity index (χ3n) is 5.04. The maximum absolute atomic E-state index is 12.3. The molecule has 1 aliphatic rings. The van der Waals surface area contributed by atoms with Gasteiger partial charge in [-0.05, 0) is 56.9 Å². The van der Waals surface area contributed by atoms with E-state index >= 15 is 0 Å². The van der Waals surface area contributed by atoms with E-state index in [9.17, 15) is 4.79 Å². The molecule has 126 valence electrons. The molecular formula is C19H24BNO3. The average molecular weight is 325 g/mol. The molecule has 1 saturated heterocycles. The second-order valence-corrected chi connectivity index (χ2v) is 7.20. The number of hydrogen-bond acceptors (Lipinski definition) is 3. The Morgan fingerprint density at radius 2 is 1.58 bits per heavy atom. The van der Waals surface area contributed by atoms with Crippen LogP contribution in [0.3, 0.4) is 0 Å². The van der Waals surface area contributed by atoms with Crippen LogP contribution < -0.4 is 10.8 Å². The molecule has 0 spiro atoms. The predicted octanol–water partition coefficient (Wildman–Crippen LogP) is 2.89. The molecule has 3 rings (SSSR count). The van der Waals surface area contributed by atoms with E-state index in [1.165, 1.54) is 0 Å². The topological polar surface area (TPSA) is 47.6 Å². The first-order chi connectivity index (χ1) is 11.3. The van der Waals surface area contributed by atoms with E-state index in [-0.39, 0.29) is 5.91 Å². The molecule has 1 fully saturated rings. The lowest BCUT2D eigenvalue weighted by Gasteiger charge is -2.32. The molecule has 1 aliphatic heterocycles. The Kier molecular flexibility index (Phi) is 4.18. The summed E-state index contributed by atoms with van der Waals surface area (Å²) >= 11 is 0. The summed E-state index contributed by atoms with van der Waals surface area (Å²) in [6.45, 7) is 10.7. The molecule has 0 bridgehead atoms. The second kappa shape index (κ2) is 5.90. The fourth-order valence-corrected chi connectivity index (χ4v) is 2.96. The van der Waals surface area contributed by atoms with Crippen molar-refractivity contribution >= 4 is 29.3 Å². The van der Waals surface area contributed by atoms with Gasteiger partial charge in [0.1, 0.15) is 0 Å². The van der Waals surface area contributed by atoms with Gasteiger partial charge in [0.05, 0.1) is 11.2 Å². The first-order valence-corrected chi connectivity index (χ1v) is 8.42. The van der Waals surface area contributed by atoms with Crippen molar-refractivity contribution in [3.8, 4) is 0 Å². The highest BCUT2D eigenvalue weighted by Gasteiger charge is 2.52. The summed E-state index contributed by atoms with van der Waals surface area (Å²) in [5.74, 6) is -0.0610. The molecule has 2 aromatic rings. The number of carbonyl (C=O) groups excluding carboxylic acids is 1. The standard InChI is InChI=1S/C19H24BNO3/c1-6-21-17(22)15-11-7-10-14-13(15)9-8-12-16(14)20-23-18(2,3)19(4,5)24-20/h7-12H,6H2,1-5H3,(H,21,22). The molecule has 0 radical (unpaired) electrons. The van der Waals surface area contributed by atoms with Crippen LogP contribution in [0.5, 0.6) is 0 Å². The summed E-state index contributed by atoms with van der Waals surface area (Å²) in [4.78, 5) is 12.3. The van der Waals surface area contributed by atoms with Gasteiger partial charge in [-0.25, -0.2) is 0 Å². The zero-order valence-corrected chi connectivity index (χ0v) is 15.0. The lowest BCUT2D eigenvalue weighted by atomic mass is 9.75. The van der Waals surface area contributed by atoms with E-state index in [1.54, 1.807) is 0 Å². The van der Waals surface area contributed by atoms with E-state index in [1.807, 2.05) is 71.0 Å². The maximum atomic E-state index is 12.3. The zero-order chi connectivity index (χ0) is 17.5. The second-order valence-electron chi connectivity index (χ2n) is 7.20. The van der Waals surface area contributed by atoms with Crippen LogP contribution in [-0.4, -0.2) is 30.8 Å². The third kappa shape index (κ3) is 2.72. The Hall–Kier alpha value is -1.85. The number of benzene rings is 2. The fourth-order valence-electron chi connectivity index (χ4n) is 2.96. The summed E-state index contributed by atoms with van der Waals surface area (Å²) in [6, 6.07) is 11.7. The van der Waals surface area contributed by atoms with Gasteiger partial charge in [-0.1, -0.05) is 30.3 Å². The average Bonchev–Trinajstić information content (AvgIpc) is 2.74. The van der Waals surface area contributed by atoms with Crippen molar-refractivity contribution in [1.82, 2.24) is 5.32 Å². The molecule has 0 unspecified atom stereocenters. The monoisotopic (exact) mass is 325 g/mol. The smallest absolute Gasteiger partial charge is 0.399 e. The number of amides is 1. The molecule has 0 atom stereocenters. The minimum absolute atomic E-state index is 0.0610. The molecular weight excluding hydrogens is 301 g/mol. The van der Waals surface area contributed by atoms with Crippen LogP contribution in [0.25, 0.3) is 10.8 Å². The van der Waals surface area contributed by atoms with Crippen LogP contribution in [-0.2, 0) is 9.31 Å². The van der Waals surface area contributed by atoms with E-state index in [2.05, 4.69) is 5.32 Å². The van der Waals surface area contributed by atoms with Crippen molar-refractivity contribution in [1.29, 1.82) is 0 Å². The number of hydrogen-bond donors (Lipinski definition) is 1. The van der Waals surface area contributed by atoms with E-state index in [0.717, 1.165) is 16.2 Å². The molecule has 1 amide bonds. The van der Waals surface area contributed by atoms with Crippen molar-refractivity contribution in [3.63, 3.8) is 0 Å². The number of rotatable bonds is 3.